The molecule has 8 heteroatoms. The van der Waals surface area contributed by atoms with Gasteiger partial charge in [-0.2, -0.15) is 0 Å². The van der Waals surface area contributed by atoms with Crippen molar-refractivity contribution < 1.29 is 9.53 Å². The van der Waals surface area contributed by atoms with Crippen molar-refractivity contribution >= 4 is 58.1 Å². The van der Waals surface area contributed by atoms with Crippen LogP contribution in [-0.4, -0.2) is 38.1 Å². The van der Waals surface area contributed by atoms with Crippen LogP contribution >= 0.6 is 46.4 Å². The van der Waals surface area contributed by atoms with E-state index in [0.29, 0.717) is 37.9 Å². The van der Waals surface area contributed by atoms with E-state index in [-0.39, 0.29) is 6.61 Å². The van der Waals surface area contributed by atoms with Crippen LogP contribution in [0.2, 0.25) is 20.1 Å². The van der Waals surface area contributed by atoms with Crippen molar-refractivity contribution in [3.63, 3.8) is 0 Å². The topological polar surface area (TPSA) is 41.6 Å². The van der Waals surface area contributed by atoms with E-state index < -0.39 is 12.0 Å². The Bertz CT molecular complexity index is 784. The van der Waals surface area contributed by atoms with Gasteiger partial charge in [0.25, 0.3) is 0 Å². The van der Waals surface area contributed by atoms with Crippen molar-refractivity contribution in [3.05, 3.63) is 62.1 Å². The molecule has 4 nitrogen and oxygen atoms in total. The fourth-order valence-corrected chi connectivity index (χ4v) is 3.02. The Kier molecular flexibility index (Phi) is 7.86. The van der Waals surface area contributed by atoms with Gasteiger partial charge in [0.1, 0.15) is 6.61 Å². The zero-order valence-corrected chi connectivity index (χ0v) is 17.3. The second kappa shape index (κ2) is 9.67. The molecule has 0 aromatic heterocycles. The lowest BCUT2D eigenvalue weighted by molar-refractivity contribution is -0.145. The van der Waals surface area contributed by atoms with Gasteiger partial charge in [0.15, 0.2) is 6.04 Å². The van der Waals surface area contributed by atoms with Gasteiger partial charge in [-0.05, 0) is 32.3 Å². The van der Waals surface area contributed by atoms with Gasteiger partial charge in [0.2, 0.25) is 0 Å². The third-order valence-electron chi connectivity index (χ3n) is 3.54. The van der Waals surface area contributed by atoms with Crippen LogP contribution in [-0.2, 0) is 9.53 Å². The molecule has 1 unspecified atom stereocenters. The molecule has 0 aliphatic rings. The van der Waals surface area contributed by atoms with Crippen LogP contribution in [0, 0.1) is 0 Å². The summed E-state index contributed by atoms with van der Waals surface area (Å²) < 4.78 is 5.39. The standard InChI is InChI=1S/C18H18Cl4N2O2/c1-24(2)7-8-26-18(25)17(11-5-3-4-6-12(11)19)23-16-10-14(21)13(20)9-15(16)22/h3-6,9-10,17,23H,7-8H2,1-2H3. The van der Waals surface area contributed by atoms with Crippen molar-refractivity contribution in [2.24, 2.45) is 0 Å². The summed E-state index contributed by atoms with van der Waals surface area (Å²) in [5.74, 6) is -0.470. The molecular formula is C18H18Cl4N2O2. The molecule has 0 fully saturated rings. The number of ether oxygens (including phenoxy) is 1. The molecule has 0 saturated carbocycles. The predicted octanol–water partition coefficient (Wildman–Crippen LogP) is 5.56. The van der Waals surface area contributed by atoms with Crippen LogP contribution in [0.4, 0.5) is 5.69 Å². The number of hydrogen-bond donors (Lipinski definition) is 1. The van der Waals surface area contributed by atoms with Crippen LogP contribution < -0.4 is 5.32 Å². The molecule has 1 atom stereocenters. The predicted molar refractivity (Wildman–Crippen MR) is 109 cm³/mol. The lowest BCUT2D eigenvalue weighted by Gasteiger charge is -2.21. The average molecular weight is 436 g/mol. The largest absolute Gasteiger partial charge is 0.463 e. The molecule has 26 heavy (non-hydrogen) atoms. The monoisotopic (exact) mass is 434 g/mol. The highest BCUT2D eigenvalue weighted by atomic mass is 35.5. The van der Waals surface area contributed by atoms with Crippen LogP contribution in [0.25, 0.3) is 0 Å². The first-order valence-electron chi connectivity index (χ1n) is 7.76. The number of carbonyl (C=O) groups excluding carboxylic acids is 1. The average Bonchev–Trinajstić information content (AvgIpc) is 2.57. The lowest BCUT2D eigenvalue weighted by atomic mass is 10.1. The minimum absolute atomic E-state index is 0.254. The fourth-order valence-electron chi connectivity index (χ4n) is 2.17. The van der Waals surface area contributed by atoms with Gasteiger partial charge in [-0.1, -0.05) is 64.6 Å². The van der Waals surface area contributed by atoms with Gasteiger partial charge in [0, 0.05) is 17.1 Å². The van der Waals surface area contributed by atoms with E-state index in [4.69, 9.17) is 51.1 Å². The van der Waals surface area contributed by atoms with E-state index in [1.54, 1.807) is 30.3 Å². The number of rotatable bonds is 7. The summed E-state index contributed by atoms with van der Waals surface area (Å²) in [6.07, 6.45) is 0. The third-order valence-corrected chi connectivity index (χ3v) is 4.92. The fraction of sp³-hybridized carbons (Fsp3) is 0.278. The molecule has 1 N–H and O–H groups in total. The van der Waals surface area contributed by atoms with Crippen molar-refractivity contribution in [3.8, 4) is 0 Å². The highest BCUT2D eigenvalue weighted by molar-refractivity contribution is 6.44. The third kappa shape index (κ3) is 5.66. The zero-order chi connectivity index (χ0) is 19.3. The highest BCUT2D eigenvalue weighted by Crippen LogP contribution is 2.35. The summed E-state index contributed by atoms with van der Waals surface area (Å²) in [7, 11) is 3.79. The molecule has 140 valence electrons. The second-order valence-corrected chi connectivity index (χ2v) is 7.44. The number of benzene rings is 2. The Balaban J connectivity index is 2.31. The Morgan fingerprint density at radius 3 is 2.35 bits per heavy atom. The second-order valence-electron chi connectivity index (χ2n) is 5.82. The molecule has 2 rings (SSSR count). The smallest absolute Gasteiger partial charge is 0.333 e. The maximum Gasteiger partial charge on any atom is 0.333 e. The van der Waals surface area contributed by atoms with Crippen molar-refractivity contribution in [2.45, 2.75) is 6.04 Å². The maximum absolute atomic E-state index is 12.7. The van der Waals surface area contributed by atoms with E-state index >= 15 is 0 Å². The molecule has 0 amide bonds. The Labute approximate surface area is 172 Å². The Morgan fingerprint density at radius 1 is 1.04 bits per heavy atom. The highest BCUT2D eigenvalue weighted by Gasteiger charge is 2.25. The zero-order valence-electron chi connectivity index (χ0n) is 14.2. The van der Waals surface area contributed by atoms with Gasteiger partial charge in [-0.15, -0.1) is 0 Å². The Morgan fingerprint density at radius 2 is 1.69 bits per heavy atom. The summed E-state index contributed by atoms with van der Waals surface area (Å²) in [5.41, 5.74) is 1.03. The first kappa shape index (κ1) is 21.1. The summed E-state index contributed by atoms with van der Waals surface area (Å²) in [6.45, 7) is 0.859. The van der Waals surface area contributed by atoms with E-state index in [2.05, 4.69) is 5.32 Å². The number of esters is 1. The minimum atomic E-state index is -0.847. The number of hydrogen-bond acceptors (Lipinski definition) is 4. The van der Waals surface area contributed by atoms with E-state index in [9.17, 15) is 4.79 Å². The molecule has 2 aromatic carbocycles. The van der Waals surface area contributed by atoms with E-state index in [1.165, 1.54) is 6.07 Å². The van der Waals surface area contributed by atoms with Crippen LogP contribution in [0.5, 0.6) is 0 Å². The van der Waals surface area contributed by atoms with E-state index in [1.807, 2.05) is 19.0 Å². The summed E-state index contributed by atoms with van der Waals surface area (Å²) in [4.78, 5) is 14.6. The first-order chi connectivity index (χ1) is 12.3. The van der Waals surface area contributed by atoms with E-state index in [0.717, 1.165) is 0 Å². The maximum atomic E-state index is 12.7. The normalized spacial score (nSPS) is 12.1. The van der Waals surface area contributed by atoms with Gasteiger partial charge in [-0.3, -0.25) is 0 Å². The number of carbonyl (C=O) groups is 1. The molecule has 0 radical (unpaired) electrons. The quantitative estimate of drug-likeness (QED) is 0.456. The molecular weight excluding hydrogens is 418 g/mol. The molecule has 2 aromatic rings. The number of nitrogens with zero attached hydrogens (tertiary/aromatic N) is 1. The number of anilines is 1. The molecule has 0 bridgehead atoms. The SMILES string of the molecule is CN(C)CCOC(=O)C(Nc1cc(Cl)c(Cl)cc1Cl)c1ccccc1Cl. The molecule has 0 aliphatic carbocycles. The molecule has 0 aliphatic heterocycles. The first-order valence-corrected chi connectivity index (χ1v) is 9.27. The van der Waals surface area contributed by atoms with Crippen molar-refractivity contribution in [2.75, 3.05) is 32.6 Å². The number of halogens is 4. The van der Waals surface area contributed by atoms with Gasteiger partial charge < -0.3 is 15.0 Å². The van der Waals surface area contributed by atoms with Gasteiger partial charge in [-0.25, -0.2) is 4.79 Å². The molecule has 0 heterocycles. The summed E-state index contributed by atoms with van der Waals surface area (Å²) in [5, 5.41) is 4.47. The van der Waals surface area contributed by atoms with Gasteiger partial charge in [0.05, 0.1) is 20.8 Å². The van der Waals surface area contributed by atoms with Crippen LogP contribution in [0.15, 0.2) is 36.4 Å². The Hall–Kier alpha value is -1.17. The number of nitrogens with one attached hydrogen (secondary N) is 1. The van der Waals surface area contributed by atoms with Crippen LogP contribution in [0.3, 0.4) is 0 Å². The minimum Gasteiger partial charge on any atom is -0.463 e. The summed E-state index contributed by atoms with van der Waals surface area (Å²) in [6, 6.07) is 9.25. The van der Waals surface area contributed by atoms with Crippen molar-refractivity contribution in [1.29, 1.82) is 0 Å². The molecule has 0 saturated heterocycles. The summed E-state index contributed by atoms with van der Waals surface area (Å²) >= 11 is 24.5. The molecule has 0 spiro atoms. The van der Waals surface area contributed by atoms with Crippen LogP contribution in [0.1, 0.15) is 11.6 Å². The van der Waals surface area contributed by atoms with Gasteiger partial charge >= 0.3 is 5.97 Å². The number of likely N-dealkylation sites (N-methyl/N-ethyl adjacent to an activating group) is 1. The van der Waals surface area contributed by atoms with Crippen molar-refractivity contribution in [1.82, 2.24) is 4.90 Å². The lowest BCUT2D eigenvalue weighted by Crippen LogP contribution is -2.27.